The van der Waals surface area contributed by atoms with Crippen LogP contribution in [0.3, 0.4) is 0 Å². The molecule has 0 saturated heterocycles. The molecule has 2 saturated carbocycles. The van der Waals surface area contributed by atoms with Gasteiger partial charge in [0.05, 0.1) is 18.3 Å². The number of hydrogen-bond acceptors (Lipinski definition) is 5. The minimum absolute atomic E-state index is 0.0838. The Morgan fingerprint density at radius 3 is 2.42 bits per heavy atom. The number of rotatable bonds is 5. The van der Waals surface area contributed by atoms with Crippen molar-refractivity contribution >= 4 is 11.7 Å². The van der Waals surface area contributed by atoms with Gasteiger partial charge in [0.1, 0.15) is 0 Å². The largest absolute Gasteiger partial charge is 0.469 e. The summed E-state index contributed by atoms with van der Waals surface area (Å²) in [7, 11) is 1.47. The third-order valence-electron chi connectivity index (χ3n) is 5.42. The molecule has 3 rings (SSSR count). The fourth-order valence-electron chi connectivity index (χ4n) is 4.12. The Morgan fingerprint density at radius 1 is 1.12 bits per heavy atom. The van der Waals surface area contributed by atoms with E-state index in [9.17, 15) is 4.79 Å². The summed E-state index contributed by atoms with van der Waals surface area (Å²) in [6.07, 6.45) is 8.01. The van der Waals surface area contributed by atoms with Gasteiger partial charge in [-0.2, -0.15) is 0 Å². The quantitative estimate of drug-likeness (QED) is 0.570. The molecule has 128 valence electrons. The highest BCUT2D eigenvalue weighted by molar-refractivity contribution is 5.78. The molecule has 5 heteroatoms. The Balaban J connectivity index is 1.68. The lowest BCUT2D eigenvalue weighted by molar-refractivity contribution is -0.152. The molecular weight excluding hydrogens is 302 g/mol. The Hall–Kier alpha value is -2.43. The summed E-state index contributed by atoms with van der Waals surface area (Å²) in [6.45, 7) is 0. The molecule has 2 fully saturated rings. The molecule has 0 aliphatic heterocycles. The van der Waals surface area contributed by atoms with Gasteiger partial charge >= 0.3 is 5.97 Å². The highest BCUT2D eigenvalue weighted by Crippen LogP contribution is 2.57. The number of benzene rings is 1. The number of carbonyl (C=O) groups excluding carboxylic acids is 1. The zero-order valence-corrected chi connectivity index (χ0v) is 14.0. The molecule has 0 aromatic heterocycles. The van der Waals surface area contributed by atoms with Gasteiger partial charge in [0, 0.05) is 11.2 Å². The number of nitrogens with one attached hydrogen (secondary N) is 1. The minimum Gasteiger partial charge on any atom is -0.469 e. The minimum atomic E-state index is -0.319. The molecule has 1 aromatic carbocycles. The predicted molar refractivity (Wildman–Crippen MR) is 94.3 cm³/mol. The van der Waals surface area contributed by atoms with Gasteiger partial charge in [0.15, 0.2) is 0 Å². The summed E-state index contributed by atoms with van der Waals surface area (Å²) < 4.78 is 4.99. The van der Waals surface area contributed by atoms with Crippen LogP contribution in [0.5, 0.6) is 0 Å². The van der Waals surface area contributed by atoms with Crippen molar-refractivity contribution in [2.75, 3.05) is 7.11 Å². The third kappa shape index (κ3) is 2.98. The molecule has 0 unspecified atom stereocenters. The van der Waals surface area contributed by atoms with E-state index in [1.54, 1.807) is 6.08 Å². The van der Waals surface area contributed by atoms with Gasteiger partial charge in [-0.3, -0.25) is 4.79 Å². The second-order valence-corrected chi connectivity index (χ2v) is 6.96. The van der Waals surface area contributed by atoms with Crippen LogP contribution in [0, 0.1) is 5.41 Å². The molecular formula is C19H25N3O2. The number of allylic oxidation sites excluding steroid dienone is 2. The Labute approximate surface area is 142 Å². The second-order valence-electron chi connectivity index (χ2n) is 6.96. The van der Waals surface area contributed by atoms with Crippen molar-refractivity contribution in [2.45, 2.75) is 37.6 Å². The van der Waals surface area contributed by atoms with E-state index in [1.807, 2.05) is 36.4 Å². The summed E-state index contributed by atoms with van der Waals surface area (Å²) in [6, 6.07) is 9.77. The third-order valence-corrected chi connectivity index (χ3v) is 5.42. The van der Waals surface area contributed by atoms with Crippen LogP contribution in [-0.2, 0) is 9.53 Å². The Morgan fingerprint density at radius 2 is 1.79 bits per heavy atom. The highest BCUT2D eigenvalue weighted by atomic mass is 16.5. The molecule has 1 aromatic rings. The lowest BCUT2D eigenvalue weighted by Gasteiger charge is -2.29. The van der Waals surface area contributed by atoms with E-state index in [1.165, 1.54) is 7.11 Å². The first-order valence-corrected chi connectivity index (χ1v) is 8.34. The van der Waals surface area contributed by atoms with E-state index in [2.05, 4.69) is 5.32 Å². The topological polar surface area (TPSA) is 90.4 Å². The monoisotopic (exact) mass is 327 g/mol. The number of methoxy groups -OCH3 is 1. The normalized spacial score (nSPS) is 29.5. The number of hydrogen-bond donors (Lipinski definition) is 3. The molecule has 5 nitrogen and oxygen atoms in total. The first-order valence-electron chi connectivity index (χ1n) is 8.34. The molecule has 0 radical (unpaired) electrons. The van der Waals surface area contributed by atoms with E-state index in [0.717, 1.165) is 37.7 Å². The lowest BCUT2D eigenvalue weighted by atomic mass is 9.84. The zero-order chi connectivity index (χ0) is 17.2. The average molecular weight is 327 g/mol. The van der Waals surface area contributed by atoms with E-state index in [4.69, 9.17) is 16.2 Å². The smallest absolute Gasteiger partial charge is 0.311 e. The van der Waals surface area contributed by atoms with E-state index in [-0.39, 0.29) is 16.9 Å². The van der Waals surface area contributed by atoms with Crippen molar-refractivity contribution in [2.24, 2.45) is 16.9 Å². The molecule has 0 spiro atoms. The SMILES string of the molecule is COC(=O)C12CCC(N/C(N)=C/C=C(\N)c3ccccc3)(CC1)C2. The summed E-state index contributed by atoms with van der Waals surface area (Å²) in [5.41, 5.74) is 13.4. The van der Waals surface area contributed by atoms with Crippen molar-refractivity contribution in [1.82, 2.24) is 5.32 Å². The lowest BCUT2D eigenvalue weighted by Crippen LogP contribution is -2.42. The van der Waals surface area contributed by atoms with Gasteiger partial charge in [-0.25, -0.2) is 0 Å². The summed E-state index contributed by atoms with van der Waals surface area (Å²) >= 11 is 0. The van der Waals surface area contributed by atoms with Crippen LogP contribution in [0.2, 0.25) is 0 Å². The van der Waals surface area contributed by atoms with Crippen molar-refractivity contribution in [1.29, 1.82) is 0 Å². The van der Waals surface area contributed by atoms with Gasteiger partial charge < -0.3 is 21.5 Å². The number of carbonyl (C=O) groups is 1. The molecule has 0 heterocycles. The molecule has 5 N–H and O–H groups in total. The van der Waals surface area contributed by atoms with Crippen molar-refractivity contribution in [3.8, 4) is 0 Å². The van der Waals surface area contributed by atoms with E-state index in [0.29, 0.717) is 11.5 Å². The Kier molecular flexibility index (Phi) is 4.26. The number of nitrogens with two attached hydrogens (primary N) is 2. The van der Waals surface area contributed by atoms with Crippen molar-refractivity contribution < 1.29 is 9.53 Å². The number of fused-ring (bicyclic) bond motifs is 2. The Bertz CT molecular complexity index is 671. The predicted octanol–water partition coefficient (Wildman–Crippen LogP) is 2.25. The first-order chi connectivity index (χ1) is 11.5. The van der Waals surface area contributed by atoms with Crippen LogP contribution in [0.25, 0.3) is 5.70 Å². The molecule has 0 amide bonds. The van der Waals surface area contributed by atoms with Crippen LogP contribution in [0.4, 0.5) is 0 Å². The first kappa shape index (κ1) is 16.4. The second kappa shape index (κ2) is 6.23. The number of esters is 1. The van der Waals surface area contributed by atoms with Crippen LogP contribution < -0.4 is 16.8 Å². The molecule has 24 heavy (non-hydrogen) atoms. The van der Waals surface area contributed by atoms with E-state index < -0.39 is 0 Å². The average Bonchev–Trinajstić information content (AvgIpc) is 3.16. The maximum Gasteiger partial charge on any atom is 0.311 e. The van der Waals surface area contributed by atoms with Gasteiger partial charge in [-0.15, -0.1) is 0 Å². The summed E-state index contributed by atoms with van der Waals surface area (Å²) in [5.74, 6) is 0.496. The molecule has 0 atom stereocenters. The van der Waals surface area contributed by atoms with Crippen molar-refractivity contribution in [3.05, 3.63) is 53.9 Å². The number of ether oxygens (including phenoxy) is 1. The van der Waals surface area contributed by atoms with E-state index >= 15 is 0 Å². The summed E-state index contributed by atoms with van der Waals surface area (Å²) in [4.78, 5) is 12.1. The van der Waals surface area contributed by atoms with Gasteiger partial charge in [0.2, 0.25) is 0 Å². The highest BCUT2D eigenvalue weighted by Gasteiger charge is 2.58. The van der Waals surface area contributed by atoms with Gasteiger partial charge in [-0.1, -0.05) is 30.3 Å². The maximum atomic E-state index is 12.1. The molecule has 2 aliphatic rings. The van der Waals surface area contributed by atoms with Crippen LogP contribution in [-0.4, -0.2) is 18.6 Å². The van der Waals surface area contributed by atoms with Crippen molar-refractivity contribution in [3.63, 3.8) is 0 Å². The van der Waals surface area contributed by atoms with Crippen LogP contribution >= 0.6 is 0 Å². The fourth-order valence-corrected chi connectivity index (χ4v) is 4.12. The zero-order valence-electron chi connectivity index (χ0n) is 14.0. The fraction of sp³-hybridized carbons (Fsp3) is 0.421. The van der Waals surface area contributed by atoms with Crippen LogP contribution in [0.15, 0.2) is 48.3 Å². The molecule has 2 aliphatic carbocycles. The van der Waals surface area contributed by atoms with Gasteiger partial charge in [0.25, 0.3) is 0 Å². The summed E-state index contributed by atoms with van der Waals surface area (Å²) in [5, 5.41) is 3.43. The maximum absolute atomic E-state index is 12.1. The molecule has 2 bridgehead atoms. The van der Waals surface area contributed by atoms with Gasteiger partial charge in [-0.05, 0) is 49.8 Å². The standard InChI is InChI=1S/C19H25N3O2/c1-24-17(23)18-9-11-19(13-18,12-10-18)22-16(21)8-7-15(20)14-5-3-2-4-6-14/h2-8,22H,9-13,20-21H2,1H3/b15-7-,16-8+. The van der Waals surface area contributed by atoms with Crippen LogP contribution in [0.1, 0.15) is 37.7 Å².